The van der Waals surface area contributed by atoms with Gasteiger partial charge in [-0.15, -0.1) is 0 Å². The predicted molar refractivity (Wildman–Crippen MR) is 188 cm³/mol. The van der Waals surface area contributed by atoms with Crippen LogP contribution in [0.3, 0.4) is 0 Å². The number of fused-ring (bicyclic) bond motifs is 1. The van der Waals surface area contributed by atoms with Crippen molar-refractivity contribution in [3.05, 3.63) is 66.6 Å². The van der Waals surface area contributed by atoms with Crippen LogP contribution in [0.5, 0.6) is 17.4 Å². The van der Waals surface area contributed by atoms with Crippen LogP contribution in [0.1, 0.15) is 5.56 Å². The standard InChI is InChI=1S/C34H44FN7O4Si/c1-8-30(43)36-25-17-24(35)18-27(19-25)46-33-31-23(2)21-42(22-45-15-16-47(5,6)7)32(31)38-34(39-33)37-28-10-9-26(20-29(28)44-4)41-13-11-40(3)12-14-41/h8-10,17-21H,1,11-16,22H2,2-7H3,(H,36,43)(H,37,38,39). The van der Waals surface area contributed by atoms with Gasteiger partial charge in [-0.3, -0.25) is 4.79 Å². The van der Waals surface area contributed by atoms with Crippen LogP contribution in [0, 0.1) is 12.7 Å². The second-order valence-corrected chi connectivity index (χ2v) is 18.6. The lowest BCUT2D eigenvalue weighted by Gasteiger charge is -2.34. The first-order chi connectivity index (χ1) is 22.4. The van der Waals surface area contributed by atoms with E-state index in [1.807, 2.05) is 29.8 Å². The average Bonchev–Trinajstić information content (AvgIpc) is 3.34. The van der Waals surface area contributed by atoms with Crippen molar-refractivity contribution < 1.29 is 23.4 Å². The molecule has 1 fully saturated rings. The van der Waals surface area contributed by atoms with Crippen LogP contribution >= 0.6 is 0 Å². The number of likely N-dealkylation sites (N-methyl/N-ethyl adjacent to an activating group) is 1. The maximum absolute atomic E-state index is 14.6. The van der Waals surface area contributed by atoms with E-state index in [9.17, 15) is 9.18 Å². The summed E-state index contributed by atoms with van der Waals surface area (Å²) >= 11 is 0. The number of hydrogen-bond donors (Lipinski definition) is 2. The third kappa shape index (κ3) is 8.67. The van der Waals surface area contributed by atoms with E-state index in [1.54, 1.807) is 7.11 Å². The number of carbonyl (C=O) groups is 1. The minimum atomic E-state index is -1.27. The Morgan fingerprint density at radius 3 is 2.57 bits per heavy atom. The van der Waals surface area contributed by atoms with Gasteiger partial charge in [-0.1, -0.05) is 26.2 Å². The van der Waals surface area contributed by atoms with Crippen LogP contribution in [0.25, 0.3) is 11.0 Å². The Labute approximate surface area is 276 Å². The molecule has 11 nitrogen and oxygen atoms in total. The summed E-state index contributed by atoms with van der Waals surface area (Å²) in [5.74, 6) is 0.226. The number of aryl methyl sites for hydroxylation is 1. The number of nitrogens with one attached hydrogen (secondary N) is 2. The number of ether oxygens (including phenoxy) is 3. The molecule has 13 heteroatoms. The first-order valence-corrected chi connectivity index (χ1v) is 19.4. The highest BCUT2D eigenvalue weighted by Gasteiger charge is 2.21. The zero-order chi connectivity index (χ0) is 33.7. The summed E-state index contributed by atoms with van der Waals surface area (Å²) in [4.78, 5) is 26.2. The first kappa shape index (κ1) is 33.9. The maximum atomic E-state index is 14.6. The normalized spacial score (nSPS) is 13.9. The third-order valence-corrected chi connectivity index (χ3v) is 9.64. The molecule has 0 aliphatic carbocycles. The molecule has 1 aliphatic rings. The van der Waals surface area contributed by atoms with Gasteiger partial charge in [0.2, 0.25) is 17.7 Å². The summed E-state index contributed by atoms with van der Waals surface area (Å²) in [5, 5.41) is 6.55. The number of rotatable bonds is 13. The molecule has 1 aliphatic heterocycles. The Morgan fingerprint density at radius 2 is 1.87 bits per heavy atom. The highest BCUT2D eigenvalue weighted by atomic mass is 28.3. The number of halogens is 1. The molecule has 5 rings (SSSR count). The fourth-order valence-electron chi connectivity index (χ4n) is 5.27. The molecule has 1 saturated heterocycles. The third-order valence-electron chi connectivity index (χ3n) is 7.94. The van der Waals surface area contributed by atoms with Crippen LogP contribution in [0.15, 0.2) is 55.3 Å². The average molecular weight is 662 g/mol. The van der Waals surface area contributed by atoms with E-state index >= 15 is 0 Å². The van der Waals surface area contributed by atoms with Crippen LogP contribution in [-0.2, 0) is 16.3 Å². The fraction of sp³-hybridized carbons (Fsp3) is 0.382. The number of carbonyl (C=O) groups excluding carboxylic acids is 1. The quantitative estimate of drug-likeness (QED) is 0.0930. The second-order valence-electron chi connectivity index (χ2n) is 13.0. The lowest BCUT2D eigenvalue weighted by molar-refractivity contribution is -0.111. The van der Waals surface area contributed by atoms with E-state index in [4.69, 9.17) is 24.2 Å². The molecule has 0 radical (unpaired) electrons. The van der Waals surface area contributed by atoms with Crippen LogP contribution in [0.2, 0.25) is 25.7 Å². The van der Waals surface area contributed by atoms with E-state index in [1.165, 1.54) is 18.2 Å². The van der Waals surface area contributed by atoms with Gasteiger partial charge in [0.25, 0.3) is 0 Å². The number of anilines is 4. The van der Waals surface area contributed by atoms with Crippen LogP contribution in [0.4, 0.5) is 27.4 Å². The zero-order valence-electron chi connectivity index (χ0n) is 28.0. The number of piperazine rings is 1. The summed E-state index contributed by atoms with van der Waals surface area (Å²) in [5.41, 5.74) is 3.43. The Balaban J connectivity index is 1.50. The highest BCUT2D eigenvalue weighted by Crippen LogP contribution is 2.36. The lowest BCUT2D eigenvalue weighted by atomic mass is 10.2. The minimum absolute atomic E-state index is 0.156. The van der Waals surface area contributed by atoms with Crippen molar-refractivity contribution in [2.75, 3.05) is 62.5 Å². The molecule has 4 aromatic rings. The van der Waals surface area contributed by atoms with Gasteiger partial charge in [0.05, 0.1) is 18.2 Å². The van der Waals surface area contributed by atoms with E-state index < -0.39 is 19.8 Å². The molecule has 2 aromatic heterocycles. The molecular weight excluding hydrogens is 618 g/mol. The fourth-order valence-corrected chi connectivity index (χ4v) is 6.03. The van der Waals surface area contributed by atoms with E-state index in [-0.39, 0.29) is 23.3 Å². The van der Waals surface area contributed by atoms with Crippen LogP contribution < -0.4 is 25.0 Å². The molecule has 0 saturated carbocycles. The molecular formula is C34H44FN7O4Si. The maximum Gasteiger partial charge on any atom is 0.247 e. The van der Waals surface area contributed by atoms with Crippen molar-refractivity contribution in [3.63, 3.8) is 0 Å². The van der Waals surface area contributed by atoms with Gasteiger partial charge < -0.3 is 39.2 Å². The lowest BCUT2D eigenvalue weighted by Crippen LogP contribution is -2.44. The van der Waals surface area contributed by atoms with E-state index in [0.29, 0.717) is 35.8 Å². The molecule has 250 valence electrons. The molecule has 0 unspecified atom stereocenters. The largest absolute Gasteiger partial charge is 0.494 e. The molecule has 0 atom stereocenters. The van der Waals surface area contributed by atoms with Gasteiger partial charge in [-0.2, -0.15) is 9.97 Å². The number of methoxy groups -OCH3 is 1. The van der Waals surface area contributed by atoms with E-state index in [0.717, 1.165) is 49.5 Å². The summed E-state index contributed by atoms with van der Waals surface area (Å²) in [6, 6.07) is 11.0. The molecule has 0 bridgehead atoms. The van der Waals surface area contributed by atoms with Crippen molar-refractivity contribution in [2.24, 2.45) is 0 Å². The molecule has 0 spiro atoms. The van der Waals surface area contributed by atoms with Crippen molar-refractivity contribution in [1.29, 1.82) is 0 Å². The number of nitrogens with zero attached hydrogens (tertiary/aromatic N) is 5. The Kier molecular flexibility index (Phi) is 10.5. The van der Waals surface area contributed by atoms with Gasteiger partial charge in [-0.25, -0.2) is 4.39 Å². The topological polar surface area (TPSA) is 106 Å². The first-order valence-electron chi connectivity index (χ1n) is 15.7. The van der Waals surface area contributed by atoms with Crippen LogP contribution in [-0.4, -0.2) is 80.4 Å². The Bertz CT molecular complexity index is 1750. The summed E-state index contributed by atoms with van der Waals surface area (Å²) < 4.78 is 34.6. The molecule has 3 heterocycles. The second kappa shape index (κ2) is 14.5. The van der Waals surface area contributed by atoms with Gasteiger partial charge in [0, 0.05) is 76.6 Å². The molecule has 2 aromatic carbocycles. The zero-order valence-corrected chi connectivity index (χ0v) is 29.0. The van der Waals surface area contributed by atoms with E-state index in [2.05, 4.69) is 59.8 Å². The summed E-state index contributed by atoms with van der Waals surface area (Å²) in [7, 11) is 2.49. The van der Waals surface area contributed by atoms with Gasteiger partial charge in [0.15, 0.2) is 5.65 Å². The van der Waals surface area contributed by atoms with Crippen molar-refractivity contribution in [1.82, 2.24) is 19.4 Å². The summed E-state index contributed by atoms with van der Waals surface area (Å²) in [6.07, 6.45) is 3.05. The van der Waals surface area contributed by atoms with Gasteiger partial charge >= 0.3 is 0 Å². The number of amides is 1. The Hall–Kier alpha value is -4.46. The van der Waals surface area contributed by atoms with Crippen molar-refractivity contribution >= 4 is 48.0 Å². The minimum Gasteiger partial charge on any atom is -0.494 e. The summed E-state index contributed by atoms with van der Waals surface area (Å²) in [6.45, 7) is 17.1. The predicted octanol–water partition coefficient (Wildman–Crippen LogP) is 6.61. The number of benzene rings is 2. The monoisotopic (exact) mass is 661 g/mol. The molecule has 1 amide bonds. The van der Waals surface area contributed by atoms with Crippen molar-refractivity contribution in [2.45, 2.75) is 39.3 Å². The number of hydrogen-bond acceptors (Lipinski definition) is 9. The Morgan fingerprint density at radius 1 is 1.11 bits per heavy atom. The van der Waals surface area contributed by atoms with Gasteiger partial charge in [-0.05, 0) is 49.9 Å². The van der Waals surface area contributed by atoms with Gasteiger partial charge in [0.1, 0.15) is 24.0 Å². The highest BCUT2D eigenvalue weighted by molar-refractivity contribution is 6.76. The number of aromatic nitrogens is 3. The van der Waals surface area contributed by atoms with Crippen molar-refractivity contribution in [3.8, 4) is 17.4 Å². The molecule has 2 N–H and O–H groups in total. The smallest absolute Gasteiger partial charge is 0.247 e. The SMILES string of the molecule is C=CC(=O)Nc1cc(F)cc(Oc2nc(Nc3ccc(N4CCN(C)CC4)cc3OC)nc3c2c(C)cn3COCC[Si](C)(C)C)c1. The molecule has 47 heavy (non-hydrogen) atoms.